The Hall–Kier alpha value is -7.60. The molecule has 0 aliphatic heterocycles. The van der Waals surface area contributed by atoms with Crippen molar-refractivity contribution in [2.24, 2.45) is 54.1 Å². The zero-order valence-corrected chi connectivity index (χ0v) is 94.0. The average molecular weight is 2120 g/mol. The molecule has 0 saturated carbocycles. The highest BCUT2D eigenvalue weighted by atomic mass is 16.6. The van der Waals surface area contributed by atoms with Gasteiger partial charge in [0, 0.05) is 50.8 Å². The van der Waals surface area contributed by atoms with Gasteiger partial charge in [-0.15, -0.1) is 0 Å². The maximum Gasteiger partial charge on any atom is 0.333 e. The second-order valence-corrected chi connectivity index (χ2v) is 37.8. The first kappa shape index (κ1) is 144. The summed E-state index contributed by atoms with van der Waals surface area (Å²) in [4.78, 5) is 173. The zero-order chi connectivity index (χ0) is 112. The van der Waals surface area contributed by atoms with E-state index in [0.717, 1.165) is 28.4 Å². The monoisotopic (exact) mass is 2120 g/mol. The smallest absolute Gasteiger partial charge is 0.333 e. The Morgan fingerprint density at radius 3 is 0.422 bits per heavy atom. The third kappa shape index (κ3) is 61.6. The van der Waals surface area contributed by atoms with E-state index in [9.17, 15) is 28.8 Å². The van der Waals surface area contributed by atoms with Crippen molar-refractivity contribution < 1.29 is 200 Å². The zero-order valence-electron chi connectivity index (χ0n) is 94.0. The summed E-state index contributed by atoms with van der Waals surface area (Å²) in [5, 5.41) is 0. The van der Waals surface area contributed by atoms with Gasteiger partial charge in [-0.2, -0.15) is 0 Å². The highest BCUT2D eigenvalue weighted by Gasteiger charge is 2.61. The Bertz CT molecular complexity index is 3620. The lowest BCUT2D eigenvalue weighted by Gasteiger charge is -2.47. The van der Waals surface area contributed by atoms with Gasteiger partial charge in [0.2, 0.25) is 0 Å². The van der Waals surface area contributed by atoms with E-state index in [1.807, 2.05) is 41.5 Å². The van der Waals surface area contributed by atoms with Crippen molar-refractivity contribution in [3.63, 3.8) is 0 Å². The van der Waals surface area contributed by atoms with Crippen LogP contribution in [0.25, 0.3) is 0 Å². The quantitative estimate of drug-likeness (QED) is 0.0236. The molecule has 0 aromatic heterocycles. The van der Waals surface area contributed by atoms with Crippen LogP contribution in [0.1, 0.15) is 209 Å². The van der Waals surface area contributed by atoms with E-state index in [-0.39, 0.29) is 176 Å². The largest absolute Gasteiger partial charge is 0.469 e. The van der Waals surface area contributed by atoms with Gasteiger partial charge in [-0.05, 0) is 195 Å². The number of esters is 12. The number of rotatable bonds is 92. The first-order valence-corrected chi connectivity index (χ1v) is 50.9. The van der Waals surface area contributed by atoms with E-state index in [4.69, 9.17) is 137 Å². The molecule has 0 N–H and O–H groups in total. The van der Waals surface area contributed by atoms with E-state index in [1.165, 1.54) is 69.6 Å². The summed E-state index contributed by atoms with van der Waals surface area (Å²) >= 11 is 0. The molecule has 0 aliphatic carbocycles. The summed E-state index contributed by atoms with van der Waals surface area (Å²) in [6.45, 7) is 47.9. The minimum Gasteiger partial charge on any atom is -0.469 e. The lowest BCUT2D eigenvalue weighted by Crippen LogP contribution is -2.51. The molecule has 0 saturated heterocycles. The normalized spacial score (nSPS) is 15.4. The topological polar surface area (TPSA) is 482 Å². The lowest BCUT2D eigenvalue weighted by atomic mass is 9.56. The van der Waals surface area contributed by atoms with Crippen molar-refractivity contribution in [1.29, 1.82) is 0 Å². The van der Waals surface area contributed by atoms with Gasteiger partial charge in [0.15, 0.2) is 0 Å². The van der Waals surface area contributed by atoms with Gasteiger partial charge in [0.25, 0.3) is 0 Å². The van der Waals surface area contributed by atoms with Gasteiger partial charge in [0.05, 0.1) is 295 Å². The molecule has 10 unspecified atom stereocenters. The number of carbonyl (C=O) groups is 12. The molecule has 10 atom stereocenters. The summed E-state index contributed by atoms with van der Waals surface area (Å²) in [6, 6.07) is 0. The van der Waals surface area contributed by atoms with Crippen molar-refractivity contribution in [3.05, 3.63) is 24.3 Å². The minimum absolute atomic E-state index is 0.0166. The fourth-order valence-corrected chi connectivity index (χ4v) is 17.2. The molecule has 0 spiro atoms. The summed E-state index contributed by atoms with van der Waals surface area (Å²) < 4.78 is 167. The number of carbonyl (C=O) groups excluding carboxylic acids is 12. The van der Waals surface area contributed by atoms with Crippen LogP contribution in [0, 0.1) is 54.1 Å². The Labute approximate surface area is 875 Å². The van der Waals surface area contributed by atoms with Gasteiger partial charge in [-0.25, -0.2) is 9.59 Å². The average Bonchev–Trinajstić information content (AvgIpc) is 0.744. The molecule has 0 heterocycles. The van der Waals surface area contributed by atoms with E-state index >= 15 is 28.8 Å². The van der Waals surface area contributed by atoms with E-state index in [1.54, 1.807) is 41.5 Å². The molecule has 0 amide bonds. The number of methoxy groups -OCH3 is 6. The fraction of sp³-hybridized carbons (Fsp3) is 0.848. The summed E-state index contributed by atoms with van der Waals surface area (Å²) in [6.07, 6.45) is -4.50. The van der Waals surface area contributed by atoms with Crippen molar-refractivity contribution in [2.45, 2.75) is 209 Å². The molecule has 0 aromatic carbocycles. The Balaban J connectivity index is -0.00000756. The molecule has 42 heteroatoms. The van der Waals surface area contributed by atoms with Gasteiger partial charge in [0.1, 0.15) is 39.6 Å². The SMILES string of the molecule is C=C(C)C(=O)OC.C=C(C)C(=O)OCCOCCOCCOCC.CCOCCOCCOCCOC(=O)C(C)(CC)CC(C)(CC(C)(CC(C)(CC(C)(CC(C)(CC(C)(CC(C)(CC(C)(CC(C)(CC)C(=O)OC)C(=O)OC)C(=O)OC)C(=O)OC)C(=O)OC)C(=O)OCCOCCOCCOCC)C(=O)OCCOCCOCCOCC)C(=O)OCCOCCOCCOCC)C(=O)OCCOCCOCCOCC. The van der Waals surface area contributed by atoms with Crippen LogP contribution in [0.5, 0.6) is 0 Å². The van der Waals surface area contributed by atoms with Crippen LogP contribution < -0.4 is 0 Å². The van der Waals surface area contributed by atoms with Gasteiger partial charge < -0.3 is 142 Å². The molecular formula is C105H188O42. The molecule has 0 fully saturated rings. The minimum atomic E-state index is -2.18. The van der Waals surface area contributed by atoms with E-state index < -0.39 is 172 Å². The fourth-order valence-electron chi connectivity index (χ4n) is 17.2. The maximum atomic E-state index is 16.2. The predicted octanol–water partition coefficient (Wildman–Crippen LogP) is 11.2. The Morgan fingerprint density at radius 2 is 0.286 bits per heavy atom. The molecular weight excluding hydrogens is 1930 g/mol. The first-order valence-electron chi connectivity index (χ1n) is 50.9. The molecule has 0 aromatic rings. The van der Waals surface area contributed by atoms with Crippen molar-refractivity contribution in [3.8, 4) is 0 Å². The highest BCUT2D eigenvalue weighted by molar-refractivity contribution is 5.89. The van der Waals surface area contributed by atoms with Crippen LogP contribution in [0.15, 0.2) is 24.3 Å². The number of ether oxygens (including phenoxy) is 30. The second kappa shape index (κ2) is 83.0. The molecule has 0 radical (unpaired) electrons. The third-order valence-electron chi connectivity index (χ3n) is 23.8. The molecule has 42 nitrogen and oxygen atoms in total. The van der Waals surface area contributed by atoms with Crippen LogP contribution in [-0.4, -0.2) is 392 Å². The molecule has 860 valence electrons. The van der Waals surface area contributed by atoms with Gasteiger partial charge >= 0.3 is 71.6 Å². The van der Waals surface area contributed by atoms with E-state index in [0.29, 0.717) is 137 Å². The molecule has 0 rings (SSSR count). The van der Waals surface area contributed by atoms with Crippen molar-refractivity contribution in [2.75, 3.05) is 320 Å². The first-order chi connectivity index (χ1) is 69.7. The highest BCUT2D eigenvalue weighted by Crippen LogP contribution is 2.57. The molecule has 0 bridgehead atoms. The van der Waals surface area contributed by atoms with Crippen molar-refractivity contribution in [1.82, 2.24) is 0 Å². The standard InChI is InChI=1S/C88H158O35.C12H22O5.C5H8O2/c1-23-79(8,69(89)99-18)60-81(10,70(90)100-19)62-82(11,71(91)101-20)63-83(12,72(92)102-21)64-84(13,73(93)103-22)65-86(15,76(96)121-57-52-116-47-42-111-37-32-106-27-5)67-88(17,78(98)123-59-54-118-49-44-113-39-34-108-29-7)68-87(16,77(97)122-58-53-117-48-43-112-38-33-107-28-6)66-85(14,75(95)120-56-51-115-46-41-110-36-31-105-26-4)61-80(9,24-2)74(94)119-55-50-114-45-40-109-35-30-104-25-3;1-4-14-5-6-15-7-8-16-9-10-17-12(13)11(2)3;1-4(2)5(6)7-3/h23-68H2,1-22H3;2,4-10H2,1,3H3;1H2,2-3H3. The summed E-state index contributed by atoms with van der Waals surface area (Å²) in [7, 11) is 7.00. The Morgan fingerprint density at radius 1 is 0.163 bits per heavy atom. The van der Waals surface area contributed by atoms with Gasteiger partial charge in [-0.1, -0.05) is 27.0 Å². The van der Waals surface area contributed by atoms with Gasteiger partial charge in [-0.3, -0.25) is 47.9 Å². The molecule has 0 aliphatic rings. The van der Waals surface area contributed by atoms with Crippen LogP contribution in [0.3, 0.4) is 0 Å². The lowest BCUT2D eigenvalue weighted by molar-refractivity contribution is -0.178. The third-order valence-corrected chi connectivity index (χ3v) is 23.8. The van der Waals surface area contributed by atoms with Crippen LogP contribution >= 0.6 is 0 Å². The van der Waals surface area contributed by atoms with Crippen molar-refractivity contribution >= 4 is 71.6 Å². The maximum absolute atomic E-state index is 16.2. The molecule has 147 heavy (non-hydrogen) atoms. The predicted molar refractivity (Wildman–Crippen MR) is 539 cm³/mol. The summed E-state index contributed by atoms with van der Waals surface area (Å²) in [5.74, 6) is -9.78. The number of hydrogen-bond donors (Lipinski definition) is 0. The van der Waals surface area contributed by atoms with Crippen LogP contribution in [0.4, 0.5) is 0 Å². The van der Waals surface area contributed by atoms with Crippen LogP contribution in [0.2, 0.25) is 0 Å². The van der Waals surface area contributed by atoms with E-state index in [2.05, 4.69) is 17.9 Å². The second-order valence-electron chi connectivity index (χ2n) is 37.8. The Kier molecular flexibility index (Phi) is 81.1. The van der Waals surface area contributed by atoms with Crippen LogP contribution in [-0.2, 0) is 200 Å². The number of hydrogen-bond acceptors (Lipinski definition) is 42. The summed E-state index contributed by atoms with van der Waals surface area (Å²) in [5.41, 5.74) is -18.1.